The smallest absolute Gasteiger partial charge is 0.294 e. The molecule has 2 aromatic rings. The van der Waals surface area contributed by atoms with E-state index in [1.165, 1.54) is 6.07 Å². The number of hydrogen-bond donors (Lipinski definition) is 2. The van der Waals surface area contributed by atoms with E-state index in [2.05, 4.69) is 5.32 Å². The number of hydrogen-bond acceptors (Lipinski definition) is 7. The van der Waals surface area contributed by atoms with Gasteiger partial charge in [-0.25, -0.2) is 0 Å². The Kier molecular flexibility index (Phi) is 5.21. The third-order valence-corrected chi connectivity index (χ3v) is 4.08. The fourth-order valence-corrected chi connectivity index (χ4v) is 2.88. The monoisotopic (exact) mass is 357 g/mol. The zero-order chi connectivity index (χ0) is 18.5. The van der Waals surface area contributed by atoms with Gasteiger partial charge in [0.05, 0.1) is 4.92 Å². The van der Waals surface area contributed by atoms with Crippen LogP contribution in [0.25, 0.3) is 0 Å². The maximum absolute atomic E-state index is 11.1. The molecule has 0 atom stereocenters. The van der Waals surface area contributed by atoms with Gasteiger partial charge in [0.1, 0.15) is 25.2 Å². The maximum Gasteiger partial charge on any atom is 0.294 e. The lowest BCUT2D eigenvalue weighted by Gasteiger charge is -2.23. The van der Waals surface area contributed by atoms with Gasteiger partial charge in [0.2, 0.25) is 0 Å². The minimum absolute atomic E-state index is 0.0621. The molecule has 2 aromatic carbocycles. The summed E-state index contributed by atoms with van der Waals surface area (Å²) in [6, 6.07) is 8.28. The first-order chi connectivity index (χ1) is 12.6. The number of carbonyl (C=O) groups is 1. The lowest BCUT2D eigenvalue weighted by molar-refractivity contribution is -0.383. The average Bonchev–Trinajstić information content (AvgIpc) is 2.64. The van der Waals surface area contributed by atoms with Crippen molar-refractivity contribution in [2.45, 2.75) is 12.8 Å². The van der Waals surface area contributed by atoms with Crippen molar-refractivity contribution in [3.63, 3.8) is 0 Å². The van der Waals surface area contributed by atoms with E-state index in [4.69, 9.17) is 15.2 Å². The molecule has 3 rings (SSSR count). The number of nitrogen functional groups attached to an aromatic ring is 1. The molecule has 0 unspecified atom stereocenters. The van der Waals surface area contributed by atoms with Gasteiger partial charge >= 0.3 is 0 Å². The first-order valence-electron chi connectivity index (χ1n) is 8.22. The minimum atomic E-state index is -0.467. The molecule has 0 aromatic heterocycles. The van der Waals surface area contributed by atoms with E-state index in [1.54, 1.807) is 12.1 Å². The Labute approximate surface area is 150 Å². The van der Waals surface area contributed by atoms with E-state index in [1.807, 2.05) is 12.1 Å². The van der Waals surface area contributed by atoms with Gasteiger partial charge in [-0.05, 0) is 24.1 Å². The van der Waals surface area contributed by atoms with E-state index >= 15 is 0 Å². The summed E-state index contributed by atoms with van der Waals surface area (Å²) in [4.78, 5) is 21.5. The van der Waals surface area contributed by atoms with Crippen molar-refractivity contribution in [3.8, 4) is 11.5 Å². The van der Waals surface area contributed by atoms with Crippen LogP contribution >= 0.6 is 0 Å². The van der Waals surface area contributed by atoms with E-state index in [-0.39, 0.29) is 12.1 Å². The van der Waals surface area contributed by atoms with Gasteiger partial charge in [-0.2, -0.15) is 0 Å². The molecule has 0 amide bonds. The van der Waals surface area contributed by atoms with Crippen molar-refractivity contribution in [2.75, 3.05) is 30.8 Å². The Morgan fingerprint density at radius 3 is 2.54 bits per heavy atom. The number of nitro groups is 1. The molecule has 3 N–H and O–H groups in total. The van der Waals surface area contributed by atoms with Gasteiger partial charge in [-0.1, -0.05) is 12.1 Å². The van der Waals surface area contributed by atoms with Gasteiger partial charge in [-0.3, -0.25) is 10.1 Å². The molecular weight excluding hydrogens is 338 g/mol. The molecule has 0 bridgehead atoms. The fourth-order valence-electron chi connectivity index (χ4n) is 2.88. The molecule has 0 saturated carbocycles. The summed E-state index contributed by atoms with van der Waals surface area (Å²) in [6.45, 7) is 1.35. The van der Waals surface area contributed by atoms with Crippen molar-refractivity contribution < 1.29 is 19.2 Å². The molecule has 0 fully saturated rings. The number of nitrogens with two attached hydrogens (primary N) is 1. The summed E-state index contributed by atoms with van der Waals surface area (Å²) >= 11 is 0. The molecular formula is C18H19N3O5. The number of nitrogens with zero attached hydrogens (tertiary/aromatic N) is 1. The number of aldehydes is 1. The minimum Gasteiger partial charge on any atom is -0.486 e. The third-order valence-electron chi connectivity index (χ3n) is 4.08. The van der Waals surface area contributed by atoms with Gasteiger partial charge in [-0.15, -0.1) is 0 Å². The normalized spacial score (nSPS) is 12.5. The first kappa shape index (κ1) is 17.5. The quantitative estimate of drug-likeness (QED) is 0.338. The molecule has 1 heterocycles. The predicted molar refractivity (Wildman–Crippen MR) is 96.9 cm³/mol. The van der Waals surface area contributed by atoms with Crippen molar-refractivity contribution in [1.82, 2.24) is 0 Å². The van der Waals surface area contributed by atoms with Crippen LogP contribution in [0.1, 0.15) is 11.1 Å². The highest BCUT2D eigenvalue weighted by atomic mass is 16.6. The molecule has 0 spiro atoms. The number of benzene rings is 2. The predicted octanol–water partition coefficient (Wildman–Crippen LogP) is 2.34. The Bertz CT molecular complexity index is 838. The van der Waals surface area contributed by atoms with E-state index in [0.717, 1.165) is 17.4 Å². The number of carbonyl (C=O) groups excluding carboxylic acids is 1. The number of nitrogens with one attached hydrogen (secondary N) is 1. The second-order valence-corrected chi connectivity index (χ2v) is 5.82. The van der Waals surface area contributed by atoms with Crippen LogP contribution in [-0.4, -0.2) is 31.0 Å². The van der Waals surface area contributed by atoms with E-state index < -0.39 is 4.92 Å². The highest BCUT2D eigenvalue weighted by Gasteiger charge is 2.20. The zero-order valence-corrected chi connectivity index (χ0v) is 14.1. The Balaban J connectivity index is 1.75. The Morgan fingerprint density at radius 2 is 1.85 bits per heavy atom. The number of nitro benzene ring substituents is 1. The fraction of sp³-hybridized carbons (Fsp3) is 0.278. The Hall–Kier alpha value is -3.29. The van der Waals surface area contributed by atoms with Crippen LogP contribution in [-0.2, 0) is 17.6 Å². The molecule has 0 saturated heterocycles. The third kappa shape index (κ3) is 3.69. The summed E-state index contributed by atoms with van der Waals surface area (Å²) < 4.78 is 11.4. The van der Waals surface area contributed by atoms with Crippen LogP contribution in [0.2, 0.25) is 0 Å². The summed E-state index contributed by atoms with van der Waals surface area (Å²) in [7, 11) is 0. The van der Waals surface area contributed by atoms with Gasteiger partial charge < -0.3 is 25.3 Å². The van der Waals surface area contributed by atoms with Gasteiger partial charge in [0, 0.05) is 30.3 Å². The summed E-state index contributed by atoms with van der Waals surface area (Å²) in [5.74, 6) is 1.25. The second kappa shape index (κ2) is 7.73. The number of ether oxygens (including phenoxy) is 2. The highest BCUT2D eigenvalue weighted by molar-refractivity contribution is 5.67. The lowest BCUT2D eigenvalue weighted by atomic mass is 10.0. The van der Waals surface area contributed by atoms with Crippen molar-refractivity contribution >= 4 is 23.3 Å². The molecule has 136 valence electrons. The van der Waals surface area contributed by atoms with Crippen molar-refractivity contribution in [2.24, 2.45) is 0 Å². The Morgan fingerprint density at radius 1 is 1.15 bits per heavy atom. The largest absolute Gasteiger partial charge is 0.486 e. The zero-order valence-electron chi connectivity index (χ0n) is 14.1. The van der Waals surface area contributed by atoms with Crippen LogP contribution < -0.4 is 20.5 Å². The first-order valence-corrected chi connectivity index (χ1v) is 8.22. The van der Waals surface area contributed by atoms with Crippen LogP contribution in [0.15, 0.2) is 30.3 Å². The second-order valence-electron chi connectivity index (χ2n) is 5.82. The number of anilines is 2. The van der Waals surface area contributed by atoms with Crippen molar-refractivity contribution in [3.05, 3.63) is 51.6 Å². The van der Waals surface area contributed by atoms with E-state index in [0.29, 0.717) is 49.1 Å². The average molecular weight is 357 g/mol. The molecule has 8 heteroatoms. The number of fused-ring (bicyclic) bond motifs is 1. The molecule has 26 heavy (non-hydrogen) atoms. The SMILES string of the molecule is Nc1ccc(NCCc2ccc(CC=O)c3c2OCCO3)c([N+](=O)[O-])c1. The molecule has 0 radical (unpaired) electrons. The number of rotatable bonds is 7. The molecule has 8 nitrogen and oxygen atoms in total. The highest BCUT2D eigenvalue weighted by Crippen LogP contribution is 2.38. The van der Waals surface area contributed by atoms with Crippen LogP contribution in [0.3, 0.4) is 0 Å². The molecule has 0 aliphatic carbocycles. The summed E-state index contributed by atoms with van der Waals surface area (Å²) in [5, 5.41) is 14.2. The summed E-state index contributed by atoms with van der Waals surface area (Å²) in [6.07, 6.45) is 1.67. The van der Waals surface area contributed by atoms with Gasteiger partial charge in [0.15, 0.2) is 11.5 Å². The maximum atomic E-state index is 11.1. The van der Waals surface area contributed by atoms with Gasteiger partial charge in [0.25, 0.3) is 5.69 Å². The standard InChI is InChI=1S/C18H19N3O5/c19-14-3-4-15(16(11-14)21(23)24)20-7-5-12-1-2-13(6-8-22)18-17(12)25-9-10-26-18/h1-4,8,11,20H,5-7,9-10,19H2. The summed E-state index contributed by atoms with van der Waals surface area (Å²) in [5.41, 5.74) is 8.01. The van der Waals surface area contributed by atoms with Crippen LogP contribution in [0.5, 0.6) is 11.5 Å². The van der Waals surface area contributed by atoms with Crippen LogP contribution in [0, 0.1) is 10.1 Å². The van der Waals surface area contributed by atoms with Crippen LogP contribution in [0.4, 0.5) is 17.1 Å². The van der Waals surface area contributed by atoms with E-state index in [9.17, 15) is 14.9 Å². The van der Waals surface area contributed by atoms with Crippen molar-refractivity contribution in [1.29, 1.82) is 0 Å². The lowest BCUT2D eigenvalue weighted by Crippen LogP contribution is -2.19. The topological polar surface area (TPSA) is 117 Å². The molecule has 1 aliphatic heterocycles. The molecule has 1 aliphatic rings.